The van der Waals surface area contributed by atoms with E-state index in [1.54, 1.807) is 22.7 Å². The molecule has 0 saturated heterocycles. The van der Waals surface area contributed by atoms with Gasteiger partial charge in [0, 0.05) is 4.88 Å². The third kappa shape index (κ3) is 4.69. The first kappa shape index (κ1) is 19.3. The second kappa shape index (κ2) is 8.99. The normalized spacial score (nSPS) is 14.5. The largest absolute Gasteiger partial charge is 0.325 e. The maximum absolute atomic E-state index is 13.3. The summed E-state index contributed by atoms with van der Waals surface area (Å²) in [6, 6.07) is 14.4. The molecule has 1 aliphatic carbocycles. The molecule has 4 nitrogen and oxygen atoms in total. The van der Waals surface area contributed by atoms with E-state index in [-0.39, 0.29) is 5.91 Å². The van der Waals surface area contributed by atoms with E-state index in [1.807, 2.05) is 23.1 Å². The number of carbonyl (C=O) groups excluding carboxylic acids is 1. The molecule has 1 aliphatic rings. The predicted octanol–water partition coefficient (Wildman–Crippen LogP) is 3.33. The number of aryl methyl sites for hydroxylation is 2. The summed E-state index contributed by atoms with van der Waals surface area (Å²) in [6.45, 7) is 1.92. The summed E-state index contributed by atoms with van der Waals surface area (Å²) >= 11 is 3.46. The Morgan fingerprint density at radius 2 is 1.96 bits per heavy atom. The average Bonchev–Trinajstić information content (AvgIpc) is 3.36. The molecule has 28 heavy (non-hydrogen) atoms. The van der Waals surface area contributed by atoms with Crippen molar-refractivity contribution in [2.45, 2.75) is 38.8 Å². The highest BCUT2D eigenvalue weighted by Crippen LogP contribution is 2.32. The molecular formula is C22H26N3OS2+. The van der Waals surface area contributed by atoms with Gasteiger partial charge in [-0.25, -0.2) is 4.98 Å². The van der Waals surface area contributed by atoms with Crippen LogP contribution in [0.4, 0.5) is 5.13 Å². The number of likely N-dealkylation sites (N-methyl/N-ethyl adjacent to an activating group) is 1. The standard InChI is InChI=1S/C22H25N3OS2/c1-24(15-18-10-7-13-27-18)16-21(26)25(14-17-8-3-2-4-9-17)22-23-19-11-5-6-12-20(19)28-22/h2-4,7-10,13H,5-6,11-12,14-16H2,1H3/p+1. The smallest absolute Gasteiger partial charge is 0.284 e. The zero-order valence-electron chi connectivity index (χ0n) is 16.2. The van der Waals surface area contributed by atoms with Gasteiger partial charge in [-0.3, -0.25) is 9.69 Å². The molecule has 2 heterocycles. The molecule has 146 valence electrons. The van der Waals surface area contributed by atoms with Crippen LogP contribution in [0, 0.1) is 0 Å². The quantitative estimate of drug-likeness (QED) is 0.646. The van der Waals surface area contributed by atoms with Crippen molar-refractivity contribution in [1.82, 2.24) is 4.98 Å². The Morgan fingerprint density at radius 3 is 2.71 bits per heavy atom. The molecule has 0 saturated carbocycles. The van der Waals surface area contributed by atoms with Crippen molar-refractivity contribution in [3.05, 3.63) is 68.9 Å². The van der Waals surface area contributed by atoms with Crippen LogP contribution in [0.3, 0.4) is 0 Å². The third-order valence-corrected chi connectivity index (χ3v) is 7.12. The van der Waals surface area contributed by atoms with Crippen LogP contribution in [0.1, 0.15) is 33.9 Å². The van der Waals surface area contributed by atoms with E-state index in [1.165, 1.54) is 33.2 Å². The van der Waals surface area contributed by atoms with Crippen LogP contribution in [0.2, 0.25) is 0 Å². The molecule has 1 unspecified atom stereocenters. The van der Waals surface area contributed by atoms with Gasteiger partial charge in [0.25, 0.3) is 5.91 Å². The first-order chi connectivity index (χ1) is 13.7. The lowest BCUT2D eigenvalue weighted by Crippen LogP contribution is -3.08. The number of nitrogens with one attached hydrogen (secondary N) is 1. The molecule has 1 amide bonds. The van der Waals surface area contributed by atoms with E-state index in [2.05, 4.69) is 36.7 Å². The lowest BCUT2D eigenvalue weighted by molar-refractivity contribution is -0.885. The fourth-order valence-corrected chi connectivity index (χ4v) is 5.59. The van der Waals surface area contributed by atoms with Crippen LogP contribution in [-0.2, 0) is 30.7 Å². The molecule has 0 radical (unpaired) electrons. The minimum atomic E-state index is 0.143. The van der Waals surface area contributed by atoms with E-state index in [0.717, 1.165) is 30.1 Å². The number of rotatable bonds is 7. The van der Waals surface area contributed by atoms with Gasteiger partial charge in [0.05, 0.1) is 24.2 Å². The highest BCUT2D eigenvalue weighted by Gasteiger charge is 2.25. The van der Waals surface area contributed by atoms with Crippen molar-refractivity contribution in [3.63, 3.8) is 0 Å². The summed E-state index contributed by atoms with van der Waals surface area (Å²) in [5.74, 6) is 0.143. The highest BCUT2D eigenvalue weighted by atomic mass is 32.1. The zero-order chi connectivity index (χ0) is 19.3. The number of carbonyl (C=O) groups is 1. The minimum absolute atomic E-state index is 0.143. The minimum Gasteiger partial charge on any atom is -0.325 e. The van der Waals surface area contributed by atoms with Crippen LogP contribution in [0.5, 0.6) is 0 Å². The molecule has 1 aromatic carbocycles. The number of aromatic nitrogens is 1. The van der Waals surface area contributed by atoms with E-state index in [9.17, 15) is 4.79 Å². The Balaban J connectivity index is 1.53. The van der Waals surface area contributed by atoms with Crippen molar-refractivity contribution < 1.29 is 9.69 Å². The summed E-state index contributed by atoms with van der Waals surface area (Å²) in [5, 5.41) is 2.95. The SMILES string of the molecule is C[NH+](CC(=O)N(Cc1ccccc1)c1nc2c(s1)CCCC2)Cc1cccs1. The molecule has 6 heteroatoms. The van der Waals surface area contributed by atoms with Gasteiger partial charge in [-0.2, -0.15) is 0 Å². The number of amides is 1. The summed E-state index contributed by atoms with van der Waals surface area (Å²) in [5.41, 5.74) is 2.34. The van der Waals surface area contributed by atoms with Crippen LogP contribution in [-0.4, -0.2) is 24.5 Å². The van der Waals surface area contributed by atoms with Crippen molar-refractivity contribution >= 4 is 33.7 Å². The third-order valence-electron chi connectivity index (χ3n) is 5.06. The van der Waals surface area contributed by atoms with Gasteiger partial charge in [0.2, 0.25) is 0 Å². The molecular weight excluding hydrogens is 386 g/mol. The first-order valence-corrected chi connectivity index (χ1v) is 11.5. The topological polar surface area (TPSA) is 37.6 Å². The van der Waals surface area contributed by atoms with Crippen molar-refractivity contribution in [2.24, 2.45) is 0 Å². The highest BCUT2D eigenvalue weighted by molar-refractivity contribution is 7.16. The lowest BCUT2D eigenvalue weighted by atomic mass is 10.0. The van der Waals surface area contributed by atoms with Crippen LogP contribution >= 0.6 is 22.7 Å². The molecule has 0 bridgehead atoms. The number of fused-ring (bicyclic) bond motifs is 1. The average molecular weight is 413 g/mol. The van der Waals surface area contributed by atoms with Crippen LogP contribution in [0.15, 0.2) is 47.8 Å². The second-order valence-electron chi connectivity index (χ2n) is 7.43. The number of nitrogens with zero attached hydrogens (tertiary/aromatic N) is 2. The number of thiazole rings is 1. The Kier molecular flexibility index (Phi) is 6.20. The van der Waals surface area contributed by atoms with Gasteiger partial charge in [0.15, 0.2) is 11.7 Å². The second-order valence-corrected chi connectivity index (χ2v) is 9.52. The molecule has 4 rings (SSSR count). The Bertz CT molecular complexity index is 882. The predicted molar refractivity (Wildman–Crippen MR) is 116 cm³/mol. The summed E-state index contributed by atoms with van der Waals surface area (Å²) in [4.78, 5) is 23.9. The molecule has 3 aromatic rings. The van der Waals surface area contributed by atoms with Gasteiger partial charge in [0.1, 0.15) is 6.54 Å². The van der Waals surface area contributed by atoms with Crippen LogP contribution in [0.25, 0.3) is 0 Å². The molecule has 0 aliphatic heterocycles. The number of quaternary nitrogens is 1. The van der Waals surface area contributed by atoms with E-state index >= 15 is 0 Å². The summed E-state index contributed by atoms with van der Waals surface area (Å²) in [7, 11) is 2.09. The molecule has 0 spiro atoms. The fourth-order valence-electron chi connectivity index (χ4n) is 3.61. The molecule has 1 atom stereocenters. The maximum Gasteiger partial charge on any atom is 0.284 e. The number of hydrogen-bond donors (Lipinski definition) is 1. The fraction of sp³-hybridized carbons (Fsp3) is 0.364. The van der Waals surface area contributed by atoms with Gasteiger partial charge < -0.3 is 4.90 Å². The van der Waals surface area contributed by atoms with Crippen molar-refractivity contribution in [1.29, 1.82) is 0 Å². The van der Waals surface area contributed by atoms with Gasteiger partial charge in [-0.15, -0.1) is 22.7 Å². The first-order valence-electron chi connectivity index (χ1n) is 9.85. The number of benzene rings is 1. The van der Waals surface area contributed by atoms with E-state index < -0.39 is 0 Å². The zero-order valence-corrected chi connectivity index (χ0v) is 17.8. The van der Waals surface area contributed by atoms with Gasteiger partial charge >= 0.3 is 0 Å². The number of thiophene rings is 1. The monoisotopic (exact) mass is 412 g/mol. The van der Waals surface area contributed by atoms with Crippen molar-refractivity contribution in [3.8, 4) is 0 Å². The van der Waals surface area contributed by atoms with Crippen molar-refractivity contribution in [2.75, 3.05) is 18.5 Å². The Labute approximate surface area is 174 Å². The molecule has 2 aromatic heterocycles. The van der Waals surface area contributed by atoms with Gasteiger partial charge in [-0.05, 0) is 42.7 Å². The van der Waals surface area contributed by atoms with E-state index in [4.69, 9.17) is 4.98 Å². The summed E-state index contributed by atoms with van der Waals surface area (Å²) < 4.78 is 0. The van der Waals surface area contributed by atoms with Crippen LogP contribution < -0.4 is 9.80 Å². The van der Waals surface area contributed by atoms with E-state index in [0.29, 0.717) is 13.1 Å². The number of anilines is 1. The number of hydrogen-bond acceptors (Lipinski definition) is 4. The maximum atomic E-state index is 13.3. The van der Waals surface area contributed by atoms with Gasteiger partial charge in [-0.1, -0.05) is 36.4 Å². The molecule has 0 fully saturated rings. The molecule has 1 N–H and O–H groups in total. The Morgan fingerprint density at radius 1 is 1.14 bits per heavy atom. The lowest BCUT2D eigenvalue weighted by Gasteiger charge is -2.22. The Hall–Kier alpha value is -2.02. The summed E-state index contributed by atoms with van der Waals surface area (Å²) in [6.07, 6.45) is 4.58.